The fourth-order valence-corrected chi connectivity index (χ4v) is 2.14. The molecule has 2 heterocycles. The zero-order valence-corrected chi connectivity index (χ0v) is 9.77. The zero-order chi connectivity index (χ0) is 11.8. The Bertz CT molecular complexity index is 427. The standard InChI is InChI=1S/C11H16N4O2/c1-6-4-12-5-8(6)9(16)13-11-15-14-10(17-11)7-2-3-7/h6-8,12H,2-5H2,1H3,(H,13,15,16). The summed E-state index contributed by atoms with van der Waals surface area (Å²) >= 11 is 0. The maximum absolute atomic E-state index is 11.9. The van der Waals surface area contributed by atoms with Crippen molar-refractivity contribution in [3.05, 3.63) is 5.89 Å². The van der Waals surface area contributed by atoms with Gasteiger partial charge in [-0.15, -0.1) is 5.10 Å². The molecular formula is C11H16N4O2. The maximum Gasteiger partial charge on any atom is 0.322 e. The summed E-state index contributed by atoms with van der Waals surface area (Å²) in [6, 6.07) is 0.232. The number of carbonyl (C=O) groups excluding carboxylic acids is 1. The first kappa shape index (κ1) is 10.7. The van der Waals surface area contributed by atoms with Gasteiger partial charge in [-0.1, -0.05) is 12.0 Å². The van der Waals surface area contributed by atoms with Gasteiger partial charge < -0.3 is 9.73 Å². The van der Waals surface area contributed by atoms with E-state index >= 15 is 0 Å². The molecule has 1 saturated heterocycles. The van der Waals surface area contributed by atoms with E-state index in [0.717, 1.165) is 25.9 Å². The molecule has 2 fully saturated rings. The van der Waals surface area contributed by atoms with E-state index in [-0.39, 0.29) is 17.8 Å². The molecule has 1 aliphatic carbocycles. The molecule has 0 aromatic carbocycles. The molecule has 6 heteroatoms. The number of amides is 1. The second kappa shape index (κ2) is 4.10. The summed E-state index contributed by atoms with van der Waals surface area (Å²) in [6.07, 6.45) is 2.22. The van der Waals surface area contributed by atoms with Gasteiger partial charge in [0.05, 0.1) is 5.92 Å². The second-order valence-electron chi connectivity index (χ2n) is 4.95. The van der Waals surface area contributed by atoms with Crippen molar-refractivity contribution >= 4 is 11.9 Å². The fraction of sp³-hybridized carbons (Fsp3) is 0.727. The second-order valence-corrected chi connectivity index (χ2v) is 4.95. The zero-order valence-electron chi connectivity index (χ0n) is 9.77. The summed E-state index contributed by atoms with van der Waals surface area (Å²) < 4.78 is 5.40. The third-order valence-electron chi connectivity index (χ3n) is 3.45. The minimum Gasteiger partial charge on any atom is -0.408 e. The Morgan fingerprint density at radius 3 is 2.88 bits per heavy atom. The van der Waals surface area contributed by atoms with Crippen molar-refractivity contribution < 1.29 is 9.21 Å². The number of nitrogens with zero attached hydrogens (tertiary/aromatic N) is 2. The van der Waals surface area contributed by atoms with Crippen LogP contribution < -0.4 is 10.6 Å². The minimum atomic E-state index is -0.0338. The highest BCUT2D eigenvalue weighted by Gasteiger charge is 2.32. The molecule has 1 aromatic rings. The summed E-state index contributed by atoms with van der Waals surface area (Å²) in [6.45, 7) is 3.67. The van der Waals surface area contributed by atoms with Crippen molar-refractivity contribution in [2.75, 3.05) is 18.4 Å². The van der Waals surface area contributed by atoms with Crippen LogP contribution in [0, 0.1) is 11.8 Å². The molecule has 2 N–H and O–H groups in total. The number of rotatable bonds is 3. The van der Waals surface area contributed by atoms with E-state index in [1.165, 1.54) is 0 Å². The van der Waals surface area contributed by atoms with Gasteiger partial charge in [0, 0.05) is 12.5 Å². The van der Waals surface area contributed by atoms with E-state index in [9.17, 15) is 4.79 Å². The summed E-state index contributed by atoms with van der Waals surface area (Å²) in [4.78, 5) is 11.9. The molecule has 1 saturated carbocycles. The molecule has 2 atom stereocenters. The van der Waals surface area contributed by atoms with Gasteiger partial charge in [-0.3, -0.25) is 10.1 Å². The smallest absolute Gasteiger partial charge is 0.322 e. The van der Waals surface area contributed by atoms with Gasteiger partial charge in [-0.2, -0.15) is 0 Å². The van der Waals surface area contributed by atoms with Crippen LogP contribution in [0.25, 0.3) is 0 Å². The van der Waals surface area contributed by atoms with E-state index in [0.29, 0.717) is 17.7 Å². The normalized spacial score (nSPS) is 28.3. The molecule has 2 aliphatic rings. The van der Waals surface area contributed by atoms with Crippen LogP contribution >= 0.6 is 0 Å². The molecule has 1 amide bonds. The maximum atomic E-state index is 11.9. The van der Waals surface area contributed by atoms with Crippen LogP contribution in [0.4, 0.5) is 6.01 Å². The predicted molar refractivity (Wildman–Crippen MR) is 60.4 cm³/mol. The van der Waals surface area contributed by atoms with Crippen molar-refractivity contribution in [2.24, 2.45) is 11.8 Å². The molecule has 0 radical (unpaired) electrons. The monoisotopic (exact) mass is 236 g/mol. The highest BCUT2D eigenvalue weighted by atomic mass is 16.4. The lowest BCUT2D eigenvalue weighted by molar-refractivity contribution is -0.120. The highest BCUT2D eigenvalue weighted by Crippen LogP contribution is 2.39. The van der Waals surface area contributed by atoms with Crippen LogP contribution in [0.2, 0.25) is 0 Å². The number of anilines is 1. The summed E-state index contributed by atoms with van der Waals surface area (Å²) in [5, 5.41) is 13.7. The SMILES string of the molecule is CC1CNCC1C(=O)Nc1nnc(C2CC2)o1. The molecular weight excluding hydrogens is 220 g/mol. The van der Waals surface area contributed by atoms with Crippen molar-refractivity contribution in [2.45, 2.75) is 25.7 Å². The number of aromatic nitrogens is 2. The van der Waals surface area contributed by atoms with Crippen molar-refractivity contribution in [3.63, 3.8) is 0 Å². The summed E-state index contributed by atoms with van der Waals surface area (Å²) in [7, 11) is 0. The molecule has 0 spiro atoms. The Balaban J connectivity index is 1.63. The highest BCUT2D eigenvalue weighted by molar-refractivity contribution is 5.91. The van der Waals surface area contributed by atoms with Crippen LogP contribution in [0.3, 0.4) is 0 Å². The third-order valence-corrected chi connectivity index (χ3v) is 3.45. The lowest BCUT2D eigenvalue weighted by atomic mass is 9.97. The van der Waals surface area contributed by atoms with Crippen LogP contribution in [0.1, 0.15) is 31.6 Å². The molecule has 2 unspecified atom stereocenters. The molecule has 92 valence electrons. The third kappa shape index (κ3) is 2.17. The Kier molecular flexibility index (Phi) is 2.58. The summed E-state index contributed by atoms with van der Waals surface area (Å²) in [5.74, 6) is 1.37. The van der Waals surface area contributed by atoms with Gasteiger partial charge in [-0.05, 0) is 25.3 Å². The Hall–Kier alpha value is -1.43. The van der Waals surface area contributed by atoms with E-state index in [2.05, 4.69) is 27.8 Å². The van der Waals surface area contributed by atoms with Crippen molar-refractivity contribution in [1.82, 2.24) is 15.5 Å². The Morgan fingerprint density at radius 2 is 2.24 bits per heavy atom. The largest absolute Gasteiger partial charge is 0.408 e. The molecule has 3 rings (SSSR count). The van der Waals surface area contributed by atoms with Crippen LogP contribution in [-0.2, 0) is 4.79 Å². The minimum absolute atomic E-state index is 0.00808. The van der Waals surface area contributed by atoms with Crippen molar-refractivity contribution in [3.8, 4) is 0 Å². The molecule has 1 aromatic heterocycles. The predicted octanol–water partition coefficient (Wildman–Crippen LogP) is 0.741. The van der Waals surface area contributed by atoms with Gasteiger partial charge in [0.2, 0.25) is 11.8 Å². The lowest BCUT2D eigenvalue weighted by Gasteiger charge is -2.11. The number of nitrogens with one attached hydrogen (secondary N) is 2. The molecule has 1 aliphatic heterocycles. The van der Waals surface area contributed by atoms with Gasteiger partial charge in [-0.25, -0.2) is 0 Å². The van der Waals surface area contributed by atoms with Gasteiger partial charge in [0.1, 0.15) is 0 Å². The first-order chi connectivity index (χ1) is 8.24. The molecule has 0 bridgehead atoms. The van der Waals surface area contributed by atoms with Crippen LogP contribution in [0.15, 0.2) is 4.42 Å². The van der Waals surface area contributed by atoms with Crippen LogP contribution in [-0.4, -0.2) is 29.2 Å². The lowest BCUT2D eigenvalue weighted by Crippen LogP contribution is -2.27. The number of hydrogen-bond acceptors (Lipinski definition) is 5. The average Bonchev–Trinajstić information content (AvgIpc) is 2.90. The van der Waals surface area contributed by atoms with E-state index in [4.69, 9.17) is 4.42 Å². The topological polar surface area (TPSA) is 80.0 Å². The fourth-order valence-electron chi connectivity index (χ4n) is 2.14. The molecule has 6 nitrogen and oxygen atoms in total. The van der Waals surface area contributed by atoms with E-state index in [1.807, 2.05) is 0 Å². The molecule has 17 heavy (non-hydrogen) atoms. The van der Waals surface area contributed by atoms with Crippen LogP contribution in [0.5, 0.6) is 0 Å². The number of carbonyl (C=O) groups is 1. The van der Waals surface area contributed by atoms with Gasteiger partial charge in [0.25, 0.3) is 0 Å². The quantitative estimate of drug-likeness (QED) is 0.809. The first-order valence-electron chi connectivity index (χ1n) is 6.09. The first-order valence-corrected chi connectivity index (χ1v) is 6.09. The Morgan fingerprint density at radius 1 is 1.41 bits per heavy atom. The van der Waals surface area contributed by atoms with E-state index in [1.54, 1.807) is 0 Å². The average molecular weight is 236 g/mol. The number of hydrogen-bond donors (Lipinski definition) is 2. The van der Waals surface area contributed by atoms with Crippen molar-refractivity contribution in [1.29, 1.82) is 0 Å². The van der Waals surface area contributed by atoms with Gasteiger partial charge in [0.15, 0.2) is 0 Å². The van der Waals surface area contributed by atoms with E-state index < -0.39 is 0 Å². The Labute approximate surface area is 99.2 Å². The summed E-state index contributed by atoms with van der Waals surface area (Å²) in [5.41, 5.74) is 0. The van der Waals surface area contributed by atoms with Gasteiger partial charge >= 0.3 is 6.01 Å².